The maximum absolute atomic E-state index is 12.2. The molecule has 0 heterocycles. The highest BCUT2D eigenvalue weighted by Gasteiger charge is 2.52. The molecule has 0 aromatic rings. The molecule has 0 N–H and O–H groups in total. The molecule has 0 spiro atoms. The van der Waals surface area contributed by atoms with Crippen molar-refractivity contribution in [2.45, 2.75) is 130 Å². The van der Waals surface area contributed by atoms with E-state index in [0.717, 1.165) is 24.5 Å². The summed E-state index contributed by atoms with van der Waals surface area (Å²) in [5, 5.41) is 0.0557. The summed E-state index contributed by atoms with van der Waals surface area (Å²) < 4.78 is 25.4. The van der Waals surface area contributed by atoms with Crippen LogP contribution >= 0.6 is 0 Å². The highest BCUT2D eigenvalue weighted by atomic mass is 28.4. The topological polar surface area (TPSA) is 54.0 Å². The lowest BCUT2D eigenvalue weighted by molar-refractivity contribution is -0.191. The first kappa shape index (κ1) is 33.1. The number of carbonyl (C=O) groups excluding carboxylic acids is 1. The Kier molecular flexibility index (Phi) is 12.2. The monoisotopic (exact) mass is 538 g/mol. The van der Waals surface area contributed by atoms with Gasteiger partial charge in [0.05, 0.1) is 12.0 Å². The van der Waals surface area contributed by atoms with Gasteiger partial charge in [-0.05, 0) is 69.8 Å². The lowest BCUT2D eigenvalue weighted by Gasteiger charge is -2.50. The molecular weight excluding hydrogens is 484 g/mol. The third-order valence-corrected chi connectivity index (χ3v) is 13.6. The Bertz CT molecular complexity index is 808. The maximum Gasteiger partial charge on any atom is 0.302 e. The van der Waals surface area contributed by atoms with Gasteiger partial charge in [0.25, 0.3) is 0 Å². The minimum absolute atomic E-state index is 0.0557. The van der Waals surface area contributed by atoms with Gasteiger partial charge in [-0.1, -0.05) is 64.7 Å². The van der Waals surface area contributed by atoms with Gasteiger partial charge in [-0.2, -0.15) is 0 Å². The fourth-order valence-electron chi connectivity index (χ4n) is 4.28. The number of allylic oxidation sites excluding steroid dienone is 2. The zero-order chi connectivity index (χ0) is 27.9. The average Bonchev–Trinajstić information content (AvgIpc) is 2.64. The standard InChI is InChI=1S/C29H54O5Si2/c1-22(2)15-14-16-29(8,32-21-31-17-18-35(9,10)11)27-25(33-24(4)30)19-23(3)20-26(27)34-36(12,13)28(5,6)7/h15,23,25-27H,17-21H2,1-13H3/t23-,25-,26-,27-,29-/m0/s1. The Morgan fingerprint density at radius 1 is 1.00 bits per heavy atom. The van der Waals surface area contributed by atoms with E-state index in [9.17, 15) is 4.79 Å². The van der Waals surface area contributed by atoms with E-state index in [4.69, 9.17) is 18.6 Å². The van der Waals surface area contributed by atoms with Crippen molar-refractivity contribution >= 4 is 22.4 Å². The highest BCUT2D eigenvalue weighted by Crippen LogP contribution is 2.45. The van der Waals surface area contributed by atoms with Crippen molar-refractivity contribution in [1.82, 2.24) is 0 Å². The Balaban J connectivity index is 3.43. The number of esters is 1. The number of ether oxygens (including phenoxy) is 3. The van der Waals surface area contributed by atoms with Gasteiger partial charge < -0.3 is 18.6 Å². The molecule has 1 fully saturated rings. The number of hydrogen-bond acceptors (Lipinski definition) is 5. The van der Waals surface area contributed by atoms with Gasteiger partial charge in [0.1, 0.15) is 18.5 Å². The van der Waals surface area contributed by atoms with Gasteiger partial charge >= 0.3 is 5.97 Å². The van der Waals surface area contributed by atoms with Gasteiger partial charge in [0, 0.05) is 21.6 Å². The lowest BCUT2D eigenvalue weighted by atomic mass is 9.70. The summed E-state index contributed by atoms with van der Waals surface area (Å²) in [4.78, 5) is 12.2. The molecule has 0 aromatic carbocycles. The summed E-state index contributed by atoms with van der Waals surface area (Å²) in [7, 11) is -3.31. The fraction of sp³-hybridized carbons (Fsp3) is 0.828. The number of hydrogen-bond donors (Lipinski definition) is 0. The number of carbonyl (C=O) groups is 1. The Hall–Kier alpha value is -0.916. The first-order valence-electron chi connectivity index (χ1n) is 13.5. The summed E-state index contributed by atoms with van der Waals surface area (Å²) in [6, 6.07) is 1.07. The van der Waals surface area contributed by atoms with Gasteiger partial charge in [0.2, 0.25) is 0 Å². The van der Waals surface area contributed by atoms with Crippen LogP contribution in [0.4, 0.5) is 0 Å². The molecule has 0 saturated heterocycles. The predicted octanol–water partition coefficient (Wildman–Crippen LogP) is 7.41. The van der Waals surface area contributed by atoms with Crippen molar-refractivity contribution in [2.75, 3.05) is 13.4 Å². The molecule has 1 saturated carbocycles. The molecule has 1 rings (SSSR count). The van der Waals surface area contributed by atoms with Gasteiger partial charge in [-0.25, -0.2) is 0 Å². The van der Waals surface area contributed by atoms with Gasteiger partial charge in [-0.3, -0.25) is 4.79 Å². The van der Waals surface area contributed by atoms with E-state index in [1.165, 1.54) is 6.92 Å². The lowest BCUT2D eigenvalue weighted by Crippen LogP contribution is -2.58. The summed E-state index contributed by atoms with van der Waals surface area (Å²) in [5.74, 6) is 6.47. The van der Waals surface area contributed by atoms with Crippen molar-refractivity contribution in [3.8, 4) is 11.8 Å². The SMILES string of the molecule is CC(=O)O[C@H]1C[C@H](C)C[C@H](O[Si](C)(C)C(C)(C)C)[C@H]1[C@](C)(C#CC=C(C)C)OCOCC[Si](C)(C)C. The molecule has 0 bridgehead atoms. The van der Waals surface area contributed by atoms with Gasteiger partial charge in [0.15, 0.2) is 8.32 Å². The Labute approximate surface area is 224 Å². The van der Waals surface area contributed by atoms with E-state index in [1.54, 1.807) is 0 Å². The van der Waals surface area contributed by atoms with E-state index in [1.807, 2.05) is 26.8 Å². The largest absolute Gasteiger partial charge is 0.462 e. The second-order valence-corrected chi connectivity index (χ2v) is 24.1. The maximum atomic E-state index is 12.2. The molecule has 7 heteroatoms. The zero-order valence-corrected chi connectivity index (χ0v) is 27.5. The van der Waals surface area contributed by atoms with E-state index in [-0.39, 0.29) is 35.9 Å². The average molecular weight is 539 g/mol. The van der Waals surface area contributed by atoms with Gasteiger partial charge in [-0.15, -0.1) is 0 Å². The molecule has 5 atom stereocenters. The van der Waals surface area contributed by atoms with Crippen molar-refractivity contribution in [3.63, 3.8) is 0 Å². The normalized spacial score (nSPS) is 24.8. The molecule has 5 nitrogen and oxygen atoms in total. The second kappa shape index (κ2) is 13.2. The van der Waals surface area contributed by atoms with Crippen LogP contribution in [0, 0.1) is 23.7 Å². The fourth-order valence-corrected chi connectivity index (χ4v) is 6.39. The van der Waals surface area contributed by atoms with Crippen LogP contribution in [0.3, 0.4) is 0 Å². The summed E-state index contributed by atoms with van der Waals surface area (Å²) in [6.45, 7) is 28.9. The van der Waals surface area contributed by atoms with Crippen LogP contribution in [-0.4, -0.2) is 53.6 Å². The summed E-state index contributed by atoms with van der Waals surface area (Å²) in [5.41, 5.74) is 0.220. The molecule has 0 radical (unpaired) electrons. The minimum Gasteiger partial charge on any atom is -0.462 e. The van der Waals surface area contributed by atoms with Crippen molar-refractivity contribution in [2.24, 2.45) is 11.8 Å². The van der Waals surface area contributed by atoms with E-state index in [0.29, 0.717) is 12.5 Å². The molecule has 0 aliphatic heterocycles. The first-order valence-corrected chi connectivity index (χ1v) is 20.1. The predicted molar refractivity (Wildman–Crippen MR) is 155 cm³/mol. The molecule has 36 heavy (non-hydrogen) atoms. The van der Waals surface area contributed by atoms with Crippen molar-refractivity contribution in [1.29, 1.82) is 0 Å². The van der Waals surface area contributed by atoms with E-state index in [2.05, 4.69) is 72.3 Å². The van der Waals surface area contributed by atoms with Crippen LogP contribution in [0.15, 0.2) is 11.6 Å². The molecule has 0 unspecified atom stereocenters. The second-order valence-electron chi connectivity index (χ2n) is 13.7. The molecule has 1 aliphatic rings. The third kappa shape index (κ3) is 10.8. The molecular formula is C29H54O5Si2. The minimum atomic E-state index is -2.11. The summed E-state index contributed by atoms with van der Waals surface area (Å²) in [6.07, 6.45) is 3.08. The number of rotatable bonds is 10. The smallest absolute Gasteiger partial charge is 0.302 e. The van der Waals surface area contributed by atoms with Crippen LogP contribution in [0.25, 0.3) is 0 Å². The van der Waals surface area contributed by atoms with Crippen molar-refractivity contribution in [3.05, 3.63) is 11.6 Å². The zero-order valence-electron chi connectivity index (χ0n) is 25.5. The highest BCUT2D eigenvalue weighted by molar-refractivity contribution is 6.76. The van der Waals surface area contributed by atoms with E-state index < -0.39 is 22.0 Å². The molecule has 208 valence electrons. The molecule has 1 aliphatic carbocycles. The van der Waals surface area contributed by atoms with Crippen LogP contribution in [-0.2, 0) is 23.4 Å². The van der Waals surface area contributed by atoms with Crippen LogP contribution in [0.5, 0.6) is 0 Å². The molecule has 0 amide bonds. The molecule has 0 aromatic heterocycles. The first-order chi connectivity index (χ1) is 16.3. The van der Waals surface area contributed by atoms with Crippen LogP contribution in [0.1, 0.15) is 68.2 Å². The third-order valence-electron chi connectivity index (χ3n) is 7.40. The Morgan fingerprint density at radius 3 is 2.08 bits per heavy atom. The quantitative estimate of drug-likeness (QED) is 0.0953. The van der Waals surface area contributed by atoms with Crippen LogP contribution in [0.2, 0.25) is 43.8 Å². The summed E-state index contributed by atoms with van der Waals surface area (Å²) >= 11 is 0. The Morgan fingerprint density at radius 2 is 1.58 bits per heavy atom. The van der Waals surface area contributed by atoms with Crippen molar-refractivity contribution < 1.29 is 23.4 Å². The van der Waals surface area contributed by atoms with Crippen LogP contribution < -0.4 is 0 Å². The van der Waals surface area contributed by atoms with E-state index >= 15 is 0 Å².